The van der Waals surface area contributed by atoms with E-state index in [2.05, 4.69) is 21.4 Å². The van der Waals surface area contributed by atoms with Gasteiger partial charge in [-0.1, -0.05) is 18.9 Å². The number of anilines is 1. The summed E-state index contributed by atoms with van der Waals surface area (Å²) in [5, 5.41) is 0.845. The molecule has 27 heavy (non-hydrogen) atoms. The van der Waals surface area contributed by atoms with E-state index in [0.29, 0.717) is 12.4 Å². The number of aromatic nitrogens is 2. The van der Waals surface area contributed by atoms with E-state index in [1.807, 2.05) is 24.3 Å². The SMILES string of the molecule is C=CCCCCCCN1CCOC(COc2ccc3c(N)ncnc3c2)C1. The van der Waals surface area contributed by atoms with Crippen molar-refractivity contribution in [3.05, 3.63) is 37.2 Å². The molecule has 1 atom stereocenters. The first-order valence-electron chi connectivity index (χ1n) is 9.84. The monoisotopic (exact) mass is 370 g/mol. The van der Waals surface area contributed by atoms with Crippen molar-refractivity contribution in [2.24, 2.45) is 0 Å². The molecule has 2 aromatic rings. The maximum atomic E-state index is 5.95. The third-order valence-electron chi connectivity index (χ3n) is 4.93. The van der Waals surface area contributed by atoms with Crippen LogP contribution >= 0.6 is 0 Å². The van der Waals surface area contributed by atoms with E-state index in [-0.39, 0.29) is 6.10 Å². The first-order valence-corrected chi connectivity index (χ1v) is 9.84. The number of hydrogen-bond donors (Lipinski definition) is 1. The van der Waals surface area contributed by atoms with Crippen molar-refractivity contribution in [1.82, 2.24) is 14.9 Å². The van der Waals surface area contributed by atoms with Gasteiger partial charge in [-0.2, -0.15) is 0 Å². The van der Waals surface area contributed by atoms with Crippen LogP contribution in [0.25, 0.3) is 10.9 Å². The second kappa shape index (κ2) is 10.2. The fourth-order valence-corrected chi connectivity index (χ4v) is 3.40. The van der Waals surface area contributed by atoms with E-state index in [9.17, 15) is 0 Å². The number of fused-ring (bicyclic) bond motifs is 1. The maximum Gasteiger partial charge on any atom is 0.134 e. The van der Waals surface area contributed by atoms with Crippen molar-refractivity contribution >= 4 is 16.7 Å². The van der Waals surface area contributed by atoms with Gasteiger partial charge in [-0.05, 0) is 37.9 Å². The molecule has 2 N–H and O–H groups in total. The van der Waals surface area contributed by atoms with E-state index in [1.165, 1.54) is 32.0 Å². The van der Waals surface area contributed by atoms with Gasteiger partial charge < -0.3 is 15.2 Å². The molecule has 0 radical (unpaired) electrons. The average Bonchev–Trinajstić information content (AvgIpc) is 2.69. The molecule has 1 aliphatic heterocycles. The molecule has 6 heteroatoms. The van der Waals surface area contributed by atoms with Crippen LogP contribution in [0.2, 0.25) is 0 Å². The summed E-state index contributed by atoms with van der Waals surface area (Å²) < 4.78 is 11.8. The number of allylic oxidation sites excluding steroid dienone is 1. The van der Waals surface area contributed by atoms with Gasteiger partial charge in [0.25, 0.3) is 0 Å². The highest BCUT2D eigenvalue weighted by Crippen LogP contribution is 2.22. The fraction of sp³-hybridized carbons (Fsp3) is 0.524. The highest BCUT2D eigenvalue weighted by molar-refractivity contribution is 5.88. The molecule has 0 amide bonds. The van der Waals surface area contributed by atoms with E-state index < -0.39 is 0 Å². The highest BCUT2D eigenvalue weighted by Gasteiger charge is 2.20. The molecular formula is C21H30N4O2. The number of hydrogen-bond acceptors (Lipinski definition) is 6. The number of unbranched alkanes of at least 4 members (excludes halogenated alkanes) is 4. The molecule has 6 nitrogen and oxygen atoms in total. The average molecular weight is 370 g/mol. The lowest BCUT2D eigenvalue weighted by molar-refractivity contribution is -0.0481. The summed E-state index contributed by atoms with van der Waals surface area (Å²) in [5.41, 5.74) is 6.66. The van der Waals surface area contributed by atoms with Crippen LogP contribution in [0.15, 0.2) is 37.2 Å². The van der Waals surface area contributed by atoms with E-state index >= 15 is 0 Å². The Bertz CT molecular complexity index is 737. The third-order valence-corrected chi connectivity index (χ3v) is 4.93. The lowest BCUT2D eigenvalue weighted by Crippen LogP contribution is -2.45. The van der Waals surface area contributed by atoms with Crippen molar-refractivity contribution < 1.29 is 9.47 Å². The summed E-state index contributed by atoms with van der Waals surface area (Å²) in [6.07, 6.45) is 9.79. The predicted molar refractivity (Wildman–Crippen MR) is 109 cm³/mol. The van der Waals surface area contributed by atoms with Crippen molar-refractivity contribution in [3.63, 3.8) is 0 Å². The van der Waals surface area contributed by atoms with Gasteiger partial charge in [-0.3, -0.25) is 4.90 Å². The standard InChI is InChI=1S/C21H30N4O2/c1-2-3-4-5-6-7-10-25-11-12-26-18(14-25)15-27-17-8-9-19-20(13-17)23-16-24-21(19)22/h2,8-9,13,16,18H,1,3-7,10-12,14-15H2,(H2,22,23,24). The maximum absolute atomic E-state index is 5.95. The summed E-state index contributed by atoms with van der Waals surface area (Å²) in [6.45, 7) is 8.16. The van der Waals surface area contributed by atoms with Crippen LogP contribution in [0, 0.1) is 0 Å². The Kier molecular flexibility index (Phi) is 7.42. The van der Waals surface area contributed by atoms with Crippen molar-refractivity contribution in [1.29, 1.82) is 0 Å². The van der Waals surface area contributed by atoms with Gasteiger partial charge in [0.05, 0.1) is 12.1 Å². The minimum atomic E-state index is 0.102. The lowest BCUT2D eigenvalue weighted by Gasteiger charge is -2.32. The second-order valence-corrected chi connectivity index (χ2v) is 7.03. The fourth-order valence-electron chi connectivity index (χ4n) is 3.40. The quantitative estimate of drug-likeness (QED) is 0.510. The van der Waals surface area contributed by atoms with Crippen LogP contribution in [0.5, 0.6) is 5.75 Å². The number of ether oxygens (including phenoxy) is 2. The Morgan fingerprint density at radius 3 is 3.04 bits per heavy atom. The number of benzene rings is 1. The summed E-state index contributed by atoms with van der Waals surface area (Å²) >= 11 is 0. The smallest absolute Gasteiger partial charge is 0.134 e. The number of morpholine rings is 1. The number of nitrogens with two attached hydrogens (primary N) is 1. The Morgan fingerprint density at radius 2 is 2.15 bits per heavy atom. The van der Waals surface area contributed by atoms with Gasteiger partial charge >= 0.3 is 0 Å². The van der Waals surface area contributed by atoms with Crippen LogP contribution in [-0.2, 0) is 4.74 Å². The second-order valence-electron chi connectivity index (χ2n) is 7.03. The molecule has 0 aliphatic carbocycles. The Morgan fingerprint density at radius 1 is 1.26 bits per heavy atom. The van der Waals surface area contributed by atoms with Crippen LogP contribution in [0.1, 0.15) is 32.1 Å². The third kappa shape index (κ3) is 5.91. The zero-order chi connectivity index (χ0) is 18.9. The summed E-state index contributed by atoms with van der Waals surface area (Å²) in [4.78, 5) is 10.7. The molecule has 146 valence electrons. The molecule has 1 aliphatic rings. The minimum absolute atomic E-state index is 0.102. The van der Waals surface area contributed by atoms with Crippen LogP contribution < -0.4 is 10.5 Å². The van der Waals surface area contributed by atoms with Gasteiger partial charge in [0.1, 0.15) is 30.6 Å². The topological polar surface area (TPSA) is 73.5 Å². The highest BCUT2D eigenvalue weighted by atomic mass is 16.5. The number of nitrogens with zero attached hydrogens (tertiary/aromatic N) is 3. The van der Waals surface area contributed by atoms with Gasteiger partial charge in [-0.25, -0.2) is 9.97 Å². The molecule has 2 heterocycles. The molecule has 1 saturated heterocycles. The zero-order valence-corrected chi connectivity index (χ0v) is 16.0. The van der Waals surface area contributed by atoms with Crippen LogP contribution in [0.4, 0.5) is 5.82 Å². The Labute approximate surface area is 161 Å². The molecule has 0 bridgehead atoms. The number of rotatable bonds is 10. The largest absolute Gasteiger partial charge is 0.491 e. The van der Waals surface area contributed by atoms with Crippen molar-refractivity contribution in [2.75, 3.05) is 38.6 Å². The number of nitrogen functional groups attached to an aromatic ring is 1. The molecule has 0 saturated carbocycles. The predicted octanol–water partition coefficient (Wildman–Crippen LogP) is 3.43. The van der Waals surface area contributed by atoms with E-state index in [4.69, 9.17) is 15.2 Å². The van der Waals surface area contributed by atoms with E-state index in [1.54, 1.807) is 0 Å². The molecule has 1 unspecified atom stereocenters. The zero-order valence-electron chi connectivity index (χ0n) is 16.0. The molecule has 3 rings (SSSR count). The molecule has 1 aromatic carbocycles. The molecule has 1 fully saturated rings. The van der Waals surface area contributed by atoms with Gasteiger partial charge in [-0.15, -0.1) is 6.58 Å². The van der Waals surface area contributed by atoms with E-state index in [0.717, 1.165) is 49.3 Å². The minimum Gasteiger partial charge on any atom is -0.491 e. The lowest BCUT2D eigenvalue weighted by atomic mass is 10.1. The molecule has 1 aromatic heterocycles. The van der Waals surface area contributed by atoms with Crippen molar-refractivity contribution in [3.8, 4) is 5.75 Å². The molecule has 0 spiro atoms. The Hall–Kier alpha value is -2.18. The van der Waals surface area contributed by atoms with Crippen LogP contribution in [0.3, 0.4) is 0 Å². The van der Waals surface area contributed by atoms with Gasteiger partial charge in [0, 0.05) is 24.5 Å². The first-order chi connectivity index (χ1) is 13.3. The summed E-state index contributed by atoms with van der Waals surface area (Å²) in [5.74, 6) is 1.27. The summed E-state index contributed by atoms with van der Waals surface area (Å²) in [6, 6.07) is 5.71. The van der Waals surface area contributed by atoms with Crippen LogP contribution in [-0.4, -0.2) is 53.8 Å². The van der Waals surface area contributed by atoms with Gasteiger partial charge in [0.15, 0.2) is 0 Å². The summed E-state index contributed by atoms with van der Waals surface area (Å²) in [7, 11) is 0. The van der Waals surface area contributed by atoms with Gasteiger partial charge in [0.2, 0.25) is 0 Å². The molecular weight excluding hydrogens is 340 g/mol. The Balaban J connectivity index is 1.42. The first kappa shape index (κ1) is 19.6. The van der Waals surface area contributed by atoms with Crippen molar-refractivity contribution in [2.45, 2.75) is 38.2 Å². The normalized spacial score (nSPS) is 17.9.